The molecule has 1 aliphatic rings. The predicted octanol–water partition coefficient (Wildman–Crippen LogP) is 2.30. The molecule has 1 fully saturated rings. The number of hydrogen-bond acceptors (Lipinski definition) is 1. The van der Waals surface area contributed by atoms with Gasteiger partial charge in [-0.2, -0.15) is 0 Å². The Balaban J connectivity index is 2.66. The first-order valence-corrected chi connectivity index (χ1v) is 4.98. The lowest BCUT2D eigenvalue weighted by atomic mass is 10.1. The van der Waals surface area contributed by atoms with Gasteiger partial charge >= 0.3 is 0 Å². The lowest BCUT2D eigenvalue weighted by Crippen LogP contribution is -2.34. The van der Waals surface area contributed by atoms with Crippen molar-refractivity contribution in [1.82, 2.24) is 4.90 Å². The molecule has 12 heavy (non-hydrogen) atoms. The molecule has 0 amide bonds. The molecule has 0 aromatic carbocycles. The smallest absolute Gasteiger partial charge is 0.0985 e. The van der Waals surface area contributed by atoms with Crippen molar-refractivity contribution in [2.75, 3.05) is 14.1 Å². The molecular formula is C10H20N2. The number of hydrogen-bond donors (Lipinski definition) is 0. The second-order valence-corrected chi connectivity index (χ2v) is 3.56. The molecule has 1 atom stereocenters. The Labute approximate surface area is 75.7 Å². The lowest BCUT2D eigenvalue weighted by Gasteiger charge is -2.27. The van der Waals surface area contributed by atoms with Crippen molar-refractivity contribution in [2.45, 2.75) is 45.1 Å². The van der Waals surface area contributed by atoms with Crippen LogP contribution in [0.3, 0.4) is 0 Å². The normalized spacial score (nSPS) is 29.1. The zero-order chi connectivity index (χ0) is 8.97. The molecule has 1 heterocycles. The fourth-order valence-electron chi connectivity index (χ4n) is 1.99. The monoisotopic (exact) mass is 168 g/mol. The number of rotatable bonds is 1. The summed E-state index contributed by atoms with van der Waals surface area (Å²) in [6.07, 6.45) is 6.43. The van der Waals surface area contributed by atoms with E-state index in [1.54, 1.807) is 0 Å². The van der Waals surface area contributed by atoms with E-state index in [1.165, 1.54) is 37.9 Å². The van der Waals surface area contributed by atoms with Crippen molar-refractivity contribution in [3.05, 3.63) is 0 Å². The average molecular weight is 168 g/mol. The van der Waals surface area contributed by atoms with E-state index in [1.807, 2.05) is 7.05 Å². The summed E-state index contributed by atoms with van der Waals surface area (Å²) in [6.45, 7) is 2.26. The molecule has 0 saturated carbocycles. The quantitative estimate of drug-likeness (QED) is 0.586. The van der Waals surface area contributed by atoms with Crippen LogP contribution >= 0.6 is 0 Å². The van der Waals surface area contributed by atoms with Crippen LogP contribution < -0.4 is 0 Å². The van der Waals surface area contributed by atoms with Gasteiger partial charge in [0, 0.05) is 26.6 Å². The van der Waals surface area contributed by atoms with Gasteiger partial charge in [0.15, 0.2) is 0 Å². The summed E-state index contributed by atoms with van der Waals surface area (Å²) in [6, 6.07) is 0.728. The van der Waals surface area contributed by atoms with Crippen LogP contribution in [0.2, 0.25) is 0 Å². The first kappa shape index (κ1) is 9.56. The summed E-state index contributed by atoms with van der Waals surface area (Å²) in [4.78, 5) is 6.70. The minimum absolute atomic E-state index is 0.728. The van der Waals surface area contributed by atoms with Crippen LogP contribution in [0.25, 0.3) is 0 Å². The minimum atomic E-state index is 0.728. The minimum Gasteiger partial charge on any atom is -0.360 e. The first-order valence-electron chi connectivity index (χ1n) is 4.98. The number of likely N-dealkylation sites (tertiary alicyclic amines) is 1. The van der Waals surface area contributed by atoms with Crippen molar-refractivity contribution >= 4 is 5.84 Å². The van der Waals surface area contributed by atoms with Gasteiger partial charge in [-0.15, -0.1) is 0 Å². The third-order valence-electron chi connectivity index (χ3n) is 2.87. The molecule has 0 spiro atoms. The molecule has 0 aliphatic carbocycles. The van der Waals surface area contributed by atoms with Gasteiger partial charge in [0.05, 0.1) is 5.84 Å². The molecule has 0 aromatic heterocycles. The Kier molecular flexibility index (Phi) is 3.57. The highest BCUT2D eigenvalue weighted by Gasteiger charge is 2.18. The standard InChI is InChI=1S/C10H20N2/c1-4-9-7-5-6-8-10(11-2)12(9)3/h9H,4-8H2,1-3H3/b11-10-. The van der Waals surface area contributed by atoms with Crippen LogP contribution in [0.4, 0.5) is 0 Å². The maximum absolute atomic E-state index is 4.33. The number of nitrogens with zero attached hydrogens (tertiary/aromatic N) is 2. The van der Waals surface area contributed by atoms with E-state index in [0.29, 0.717) is 0 Å². The fourth-order valence-corrected chi connectivity index (χ4v) is 1.99. The van der Waals surface area contributed by atoms with Crippen LogP contribution in [0.15, 0.2) is 4.99 Å². The second kappa shape index (κ2) is 4.48. The average Bonchev–Trinajstić information content (AvgIpc) is 2.27. The van der Waals surface area contributed by atoms with Gasteiger partial charge < -0.3 is 4.90 Å². The first-order chi connectivity index (χ1) is 5.79. The largest absolute Gasteiger partial charge is 0.360 e. The fraction of sp³-hybridized carbons (Fsp3) is 0.900. The van der Waals surface area contributed by atoms with Crippen LogP contribution in [0, 0.1) is 0 Å². The summed E-state index contributed by atoms with van der Waals surface area (Å²) >= 11 is 0. The van der Waals surface area contributed by atoms with E-state index in [2.05, 4.69) is 23.9 Å². The van der Waals surface area contributed by atoms with Crippen LogP contribution in [-0.4, -0.2) is 30.9 Å². The van der Waals surface area contributed by atoms with Crippen molar-refractivity contribution in [3.8, 4) is 0 Å². The molecule has 70 valence electrons. The van der Waals surface area contributed by atoms with Gasteiger partial charge in [-0.25, -0.2) is 0 Å². The SMILES string of the molecule is CCC1CCCC/C(=N/C)N1C. The molecule has 1 unspecified atom stereocenters. The maximum atomic E-state index is 4.33. The predicted molar refractivity (Wildman–Crippen MR) is 53.7 cm³/mol. The summed E-state index contributed by atoms with van der Waals surface area (Å²) in [7, 11) is 4.09. The third kappa shape index (κ3) is 1.99. The molecule has 0 radical (unpaired) electrons. The molecular weight excluding hydrogens is 148 g/mol. The van der Waals surface area contributed by atoms with Crippen molar-refractivity contribution in [1.29, 1.82) is 0 Å². The van der Waals surface area contributed by atoms with E-state index in [9.17, 15) is 0 Å². The van der Waals surface area contributed by atoms with Gasteiger partial charge in [0.25, 0.3) is 0 Å². The zero-order valence-corrected chi connectivity index (χ0v) is 8.51. The Bertz CT molecular complexity index is 163. The molecule has 2 nitrogen and oxygen atoms in total. The number of amidine groups is 1. The van der Waals surface area contributed by atoms with E-state index in [4.69, 9.17) is 0 Å². The summed E-state index contributed by atoms with van der Waals surface area (Å²) in [5.41, 5.74) is 0. The molecule has 1 rings (SSSR count). The summed E-state index contributed by atoms with van der Waals surface area (Å²) in [5.74, 6) is 1.29. The molecule has 1 saturated heterocycles. The third-order valence-corrected chi connectivity index (χ3v) is 2.87. The second-order valence-electron chi connectivity index (χ2n) is 3.56. The number of aliphatic imine (C=N–C) groups is 1. The Morgan fingerprint density at radius 2 is 2.25 bits per heavy atom. The lowest BCUT2D eigenvalue weighted by molar-refractivity contribution is 0.339. The van der Waals surface area contributed by atoms with Crippen molar-refractivity contribution in [3.63, 3.8) is 0 Å². The van der Waals surface area contributed by atoms with Crippen LogP contribution in [-0.2, 0) is 0 Å². The van der Waals surface area contributed by atoms with E-state index < -0.39 is 0 Å². The van der Waals surface area contributed by atoms with Gasteiger partial charge in [-0.3, -0.25) is 4.99 Å². The van der Waals surface area contributed by atoms with Gasteiger partial charge in [0.2, 0.25) is 0 Å². The molecule has 2 heteroatoms. The Morgan fingerprint density at radius 3 is 2.83 bits per heavy atom. The van der Waals surface area contributed by atoms with Crippen LogP contribution in [0.1, 0.15) is 39.0 Å². The van der Waals surface area contributed by atoms with E-state index >= 15 is 0 Å². The topological polar surface area (TPSA) is 15.6 Å². The van der Waals surface area contributed by atoms with Gasteiger partial charge in [-0.1, -0.05) is 13.3 Å². The van der Waals surface area contributed by atoms with E-state index in [0.717, 1.165) is 6.04 Å². The summed E-state index contributed by atoms with van der Waals surface area (Å²) in [5, 5.41) is 0. The molecule has 1 aliphatic heterocycles. The highest BCUT2D eigenvalue weighted by Crippen LogP contribution is 2.18. The molecule has 0 N–H and O–H groups in total. The molecule has 0 aromatic rings. The highest BCUT2D eigenvalue weighted by molar-refractivity contribution is 5.82. The van der Waals surface area contributed by atoms with Crippen LogP contribution in [0.5, 0.6) is 0 Å². The zero-order valence-electron chi connectivity index (χ0n) is 8.51. The summed E-state index contributed by atoms with van der Waals surface area (Å²) < 4.78 is 0. The van der Waals surface area contributed by atoms with Crippen molar-refractivity contribution in [2.24, 2.45) is 4.99 Å². The Morgan fingerprint density at radius 1 is 1.50 bits per heavy atom. The molecule has 0 bridgehead atoms. The van der Waals surface area contributed by atoms with Gasteiger partial charge in [-0.05, 0) is 19.3 Å². The van der Waals surface area contributed by atoms with Gasteiger partial charge in [0.1, 0.15) is 0 Å². The van der Waals surface area contributed by atoms with Crippen molar-refractivity contribution < 1.29 is 0 Å². The maximum Gasteiger partial charge on any atom is 0.0985 e. The Hall–Kier alpha value is -0.530. The highest BCUT2D eigenvalue weighted by atomic mass is 15.2. The van der Waals surface area contributed by atoms with E-state index in [-0.39, 0.29) is 0 Å².